The summed E-state index contributed by atoms with van der Waals surface area (Å²) in [6.45, 7) is 5.78. The van der Waals surface area contributed by atoms with Gasteiger partial charge in [-0.15, -0.1) is 0 Å². The van der Waals surface area contributed by atoms with E-state index in [2.05, 4.69) is 10.6 Å². The number of ether oxygens (including phenoxy) is 2. The van der Waals surface area contributed by atoms with Crippen LogP contribution in [0.25, 0.3) is 0 Å². The second kappa shape index (κ2) is 10.5. The zero-order valence-electron chi connectivity index (χ0n) is 17.0. The molecule has 0 aromatic heterocycles. The van der Waals surface area contributed by atoms with E-state index in [-0.39, 0.29) is 13.2 Å². The van der Waals surface area contributed by atoms with Crippen LogP contribution in [0.15, 0.2) is 54.6 Å². The summed E-state index contributed by atoms with van der Waals surface area (Å²) in [5, 5.41) is 15.6. The Morgan fingerprint density at radius 1 is 1.03 bits per heavy atom. The summed E-state index contributed by atoms with van der Waals surface area (Å²) in [7, 11) is 0. The number of aliphatic hydroxyl groups excluding tert-OH is 1. The van der Waals surface area contributed by atoms with E-state index in [4.69, 9.17) is 9.47 Å². The smallest absolute Gasteiger partial charge is 0.411 e. The Bertz CT molecular complexity index is 802. The molecular weight excluding hydrogens is 372 g/mol. The number of nitrogens with one attached hydrogen (secondary N) is 2. The Hall–Kier alpha value is -3.06. The minimum absolute atomic E-state index is 0.172. The fraction of sp³-hybridized carbons (Fsp3) is 0.364. The zero-order valence-corrected chi connectivity index (χ0v) is 17.0. The first-order valence-corrected chi connectivity index (χ1v) is 9.45. The molecule has 2 rings (SSSR count). The van der Waals surface area contributed by atoms with Gasteiger partial charge < -0.3 is 19.9 Å². The summed E-state index contributed by atoms with van der Waals surface area (Å²) in [6.07, 6.45) is -1.60. The molecule has 2 amide bonds. The van der Waals surface area contributed by atoms with Crippen LogP contribution in [-0.4, -0.2) is 29.4 Å². The molecule has 2 aromatic carbocycles. The van der Waals surface area contributed by atoms with E-state index in [0.29, 0.717) is 17.7 Å². The predicted octanol–water partition coefficient (Wildman–Crippen LogP) is 4.38. The average molecular weight is 400 g/mol. The summed E-state index contributed by atoms with van der Waals surface area (Å²) < 4.78 is 10.3. The molecule has 1 unspecified atom stereocenters. The fourth-order valence-corrected chi connectivity index (χ4v) is 2.49. The average Bonchev–Trinajstić information content (AvgIpc) is 2.66. The molecule has 0 aliphatic carbocycles. The molecule has 0 saturated heterocycles. The lowest BCUT2D eigenvalue weighted by Crippen LogP contribution is -2.33. The summed E-state index contributed by atoms with van der Waals surface area (Å²) in [4.78, 5) is 23.6. The van der Waals surface area contributed by atoms with E-state index < -0.39 is 23.9 Å². The molecule has 156 valence electrons. The number of carbonyl (C=O) groups excluding carboxylic acids is 2. The quantitative estimate of drug-likeness (QED) is 0.641. The number of aliphatic hydroxyl groups is 1. The van der Waals surface area contributed by atoms with Crippen LogP contribution in [0, 0.1) is 0 Å². The third kappa shape index (κ3) is 8.66. The number of alkyl carbamates (subject to hydrolysis) is 1. The van der Waals surface area contributed by atoms with Crippen LogP contribution < -0.4 is 10.6 Å². The SMILES string of the molecule is CC(C)(C)OC(=O)NCCC(O)c1cccc(NC(=O)OCc2ccccc2)c1. The van der Waals surface area contributed by atoms with Gasteiger partial charge in [0.05, 0.1) is 6.10 Å². The molecule has 2 aromatic rings. The molecule has 0 aliphatic heterocycles. The van der Waals surface area contributed by atoms with Crippen molar-refractivity contribution in [2.45, 2.75) is 45.5 Å². The number of anilines is 1. The van der Waals surface area contributed by atoms with Crippen molar-refractivity contribution in [2.75, 3.05) is 11.9 Å². The second-order valence-corrected chi connectivity index (χ2v) is 7.55. The highest BCUT2D eigenvalue weighted by molar-refractivity contribution is 5.84. The highest BCUT2D eigenvalue weighted by Crippen LogP contribution is 2.20. The first-order chi connectivity index (χ1) is 13.7. The molecule has 3 N–H and O–H groups in total. The summed E-state index contributed by atoms with van der Waals surface area (Å²) in [5.74, 6) is 0. The lowest BCUT2D eigenvalue weighted by atomic mass is 10.1. The molecule has 0 radical (unpaired) electrons. The van der Waals surface area contributed by atoms with Crippen molar-refractivity contribution in [1.82, 2.24) is 5.32 Å². The molecule has 7 heteroatoms. The lowest BCUT2D eigenvalue weighted by Gasteiger charge is -2.20. The van der Waals surface area contributed by atoms with E-state index in [1.54, 1.807) is 45.0 Å². The second-order valence-electron chi connectivity index (χ2n) is 7.55. The van der Waals surface area contributed by atoms with Gasteiger partial charge in [0, 0.05) is 12.2 Å². The van der Waals surface area contributed by atoms with Gasteiger partial charge >= 0.3 is 12.2 Å². The van der Waals surface area contributed by atoms with Crippen LogP contribution in [0.2, 0.25) is 0 Å². The van der Waals surface area contributed by atoms with Gasteiger partial charge in [0.2, 0.25) is 0 Å². The van der Waals surface area contributed by atoms with Crippen LogP contribution in [0.1, 0.15) is 44.4 Å². The lowest BCUT2D eigenvalue weighted by molar-refractivity contribution is 0.0518. The van der Waals surface area contributed by atoms with Gasteiger partial charge in [0.15, 0.2) is 0 Å². The normalized spacial score (nSPS) is 12.0. The van der Waals surface area contributed by atoms with Crippen LogP contribution in [0.3, 0.4) is 0 Å². The topological polar surface area (TPSA) is 96.9 Å². The maximum Gasteiger partial charge on any atom is 0.411 e. The van der Waals surface area contributed by atoms with Crippen LogP contribution >= 0.6 is 0 Å². The largest absolute Gasteiger partial charge is 0.444 e. The minimum atomic E-state index is -0.799. The number of hydrogen-bond donors (Lipinski definition) is 3. The molecule has 0 spiro atoms. The Kier molecular flexibility index (Phi) is 8.03. The Labute approximate surface area is 171 Å². The summed E-state index contributed by atoms with van der Waals surface area (Å²) in [5.41, 5.74) is 1.46. The summed E-state index contributed by atoms with van der Waals surface area (Å²) >= 11 is 0. The van der Waals surface area contributed by atoms with Crippen molar-refractivity contribution in [3.05, 3.63) is 65.7 Å². The molecule has 0 heterocycles. The van der Waals surface area contributed by atoms with Gasteiger partial charge in [-0.25, -0.2) is 9.59 Å². The Balaban J connectivity index is 1.80. The maximum absolute atomic E-state index is 12.0. The number of carbonyl (C=O) groups is 2. The molecule has 0 fully saturated rings. The van der Waals surface area contributed by atoms with Crippen molar-refractivity contribution in [2.24, 2.45) is 0 Å². The Morgan fingerprint density at radius 2 is 1.76 bits per heavy atom. The number of rotatable bonds is 7. The van der Waals surface area contributed by atoms with Crippen molar-refractivity contribution >= 4 is 17.9 Å². The van der Waals surface area contributed by atoms with Crippen molar-refractivity contribution in [1.29, 1.82) is 0 Å². The van der Waals surface area contributed by atoms with Crippen molar-refractivity contribution in [3.63, 3.8) is 0 Å². The molecule has 0 saturated carbocycles. The standard InChI is InChI=1S/C22H28N2O5/c1-22(2,3)29-20(26)23-13-12-19(25)17-10-7-11-18(14-17)24-21(27)28-15-16-8-5-4-6-9-16/h4-11,14,19,25H,12-13,15H2,1-3H3,(H,23,26)(H,24,27). The minimum Gasteiger partial charge on any atom is -0.444 e. The van der Waals surface area contributed by atoms with Gasteiger partial charge in [-0.3, -0.25) is 5.32 Å². The molecule has 7 nitrogen and oxygen atoms in total. The third-order valence-corrected chi connectivity index (χ3v) is 3.82. The third-order valence-electron chi connectivity index (χ3n) is 3.82. The first kappa shape index (κ1) is 22.2. The van der Waals surface area contributed by atoms with Gasteiger partial charge in [0.25, 0.3) is 0 Å². The van der Waals surface area contributed by atoms with Crippen LogP contribution in [-0.2, 0) is 16.1 Å². The highest BCUT2D eigenvalue weighted by Gasteiger charge is 2.16. The van der Waals surface area contributed by atoms with Gasteiger partial charge in [-0.1, -0.05) is 42.5 Å². The van der Waals surface area contributed by atoms with E-state index in [1.807, 2.05) is 30.3 Å². The predicted molar refractivity (Wildman–Crippen MR) is 111 cm³/mol. The molecule has 29 heavy (non-hydrogen) atoms. The van der Waals surface area contributed by atoms with Crippen LogP contribution in [0.4, 0.5) is 15.3 Å². The van der Waals surface area contributed by atoms with Gasteiger partial charge in [-0.05, 0) is 50.5 Å². The first-order valence-electron chi connectivity index (χ1n) is 9.45. The monoisotopic (exact) mass is 400 g/mol. The molecule has 1 atom stereocenters. The van der Waals surface area contributed by atoms with Crippen molar-refractivity contribution in [3.8, 4) is 0 Å². The Morgan fingerprint density at radius 3 is 2.45 bits per heavy atom. The molecular formula is C22H28N2O5. The fourth-order valence-electron chi connectivity index (χ4n) is 2.49. The van der Waals surface area contributed by atoms with E-state index >= 15 is 0 Å². The maximum atomic E-state index is 12.0. The van der Waals surface area contributed by atoms with E-state index in [0.717, 1.165) is 5.56 Å². The molecule has 0 aliphatic rings. The number of benzene rings is 2. The van der Waals surface area contributed by atoms with Crippen LogP contribution in [0.5, 0.6) is 0 Å². The van der Waals surface area contributed by atoms with E-state index in [1.165, 1.54) is 0 Å². The van der Waals surface area contributed by atoms with Gasteiger partial charge in [0.1, 0.15) is 12.2 Å². The highest BCUT2D eigenvalue weighted by atomic mass is 16.6. The van der Waals surface area contributed by atoms with Crippen molar-refractivity contribution < 1.29 is 24.2 Å². The number of hydrogen-bond acceptors (Lipinski definition) is 5. The van der Waals surface area contributed by atoms with Gasteiger partial charge in [-0.2, -0.15) is 0 Å². The number of amides is 2. The zero-order chi connectivity index (χ0) is 21.3. The summed E-state index contributed by atoms with van der Waals surface area (Å²) in [6, 6.07) is 16.2. The molecule has 0 bridgehead atoms. The van der Waals surface area contributed by atoms with E-state index in [9.17, 15) is 14.7 Å².